The Bertz CT molecular complexity index is 959. The van der Waals surface area contributed by atoms with Crippen molar-refractivity contribution < 1.29 is 13.6 Å². The minimum atomic E-state index is -0.857. The summed E-state index contributed by atoms with van der Waals surface area (Å²) in [4.78, 5) is 23.6. The zero-order valence-electron chi connectivity index (χ0n) is 18.2. The van der Waals surface area contributed by atoms with Gasteiger partial charge in [-0.2, -0.15) is 4.98 Å². The van der Waals surface area contributed by atoms with Gasteiger partial charge >= 0.3 is 0 Å². The van der Waals surface area contributed by atoms with Crippen molar-refractivity contribution in [1.82, 2.24) is 15.3 Å². The monoisotopic (exact) mass is 429 g/mol. The van der Waals surface area contributed by atoms with Gasteiger partial charge in [-0.15, -0.1) is 0 Å². The third-order valence-corrected chi connectivity index (χ3v) is 6.27. The Hall–Kier alpha value is -2.77. The van der Waals surface area contributed by atoms with Gasteiger partial charge in [0.05, 0.1) is 0 Å². The van der Waals surface area contributed by atoms with Gasteiger partial charge in [-0.25, -0.2) is 13.8 Å². The highest BCUT2D eigenvalue weighted by Gasteiger charge is 2.44. The Balaban J connectivity index is 1.25. The van der Waals surface area contributed by atoms with E-state index in [1.807, 2.05) is 32.1 Å². The number of amides is 1. The smallest absolute Gasteiger partial charge is 0.224 e. The average molecular weight is 430 g/mol. The molecule has 2 N–H and O–H groups in total. The normalized spacial score (nSPS) is 25.1. The molecular weight excluding hydrogens is 400 g/mol. The molecule has 0 bridgehead atoms. The van der Waals surface area contributed by atoms with Gasteiger partial charge < -0.3 is 15.5 Å². The van der Waals surface area contributed by atoms with E-state index in [0.717, 1.165) is 43.1 Å². The summed E-state index contributed by atoms with van der Waals surface area (Å²) in [6.45, 7) is 1.99. The number of nitrogens with zero attached hydrogens (tertiary/aromatic N) is 3. The Labute approximate surface area is 181 Å². The molecule has 4 rings (SSSR count). The molecule has 1 amide bonds. The molecule has 2 aromatic rings. The summed E-state index contributed by atoms with van der Waals surface area (Å²) in [6.07, 6.45) is 6.15. The third-order valence-electron chi connectivity index (χ3n) is 6.27. The zero-order chi connectivity index (χ0) is 22.1. The number of anilines is 2. The van der Waals surface area contributed by atoms with Crippen molar-refractivity contribution >= 4 is 17.7 Å². The molecular formula is C23H29F2N5O. The van der Waals surface area contributed by atoms with Crippen molar-refractivity contribution in [3.8, 4) is 0 Å². The van der Waals surface area contributed by atoms with Gasteiger partial charge in [-0.3, -0.25) is 4.79 Å². The Morgan fingerprint density at radius 1 is 1.10 bits per heavy atom. The molecule has 0 unspecified atom stereocenters. The molecule has 0 spiro atoms. The highest BCUT2D eigenvalue weighted by atomic mass is 19.2. The maximum absolute atomic E-state index is 13.4. The van der Waals surface area contributed by atoms with Crippen LogP contribution in [0.15, 0.2) is 24.4 Å². The molecule has 8 heteroatoms. The number of aryl methyl sites for hydroxylation is 1. The maximum atomic E-state index is 13.4. The molecule has 2 atom stereocenters. The Kier molecular flexibility index (Phi) is 6.07. The van der Waals surface area contributed by atoms with E-state index in [0.29, 0.717) is 17.9 Å². The lowest BCUT2D eigenvalue weighted by Crippen LogP contribution is -2.41. The van der Waals surface area contributed by atoms with Gasteiger partial charge in [0, 0.05) is 43.9 Å². The SMILES string of the molecule is Cc1cnc(N[C@H]2CC[C@H](NC(=O)[C@@H]3C[C@@H]3c3ccc(F)c(F)c3)CC2)nc1N(C)C. The molecule has 0 aliphatic heterocycles. The van der Waals surface area contributed by atoms with Crippen molar-refractivity contribution in [2.75, 3.05) is 24.3 Å². The molecule has 2 aliphatic carbocycles. The van der Waals surface area contributed by atoms with E-state index < -0.39 is 11.6 Å². The van der Waals surface area contributed by atoms with Crippen LogP contribution in [-0.2, 0) is 4.79 Å². The number of hydrogen-bond acceptors (Lipinski definition) is 5. The second-order valence-electron chi connectivity index (χ2n) is 8.92. The summed E-state index contributed by atoms with van der Waals surface area (Å²) in [5, 5.41) is 6.57. The van der Waals surface area contributed by atoms with Gasteiger partial charge in [0.25, 0.3) is 0 Å². The van der Waals surface area contributed by atoms with Gasteiger partial charge in [-0.1, -0.05) is 6.07 Å². The second-order valence-corrected chi connectivity index (χ2v) is 8.92. The first-order chi connectivity index (χ1) is 14.8. The van der Waals surface area contributed by atoms with E-state index in [1.54, 1.807) is 6.07 Å². The molecule has 2 saturated carbocycles. The van der Waals surface area contributed by atoms with Crippen molar-refractivity contribution in [2.24, 2.45) is 5.92 Å². The van der Waals surface area contributed by atoms with Crippen LogP contribution in [0.3, 0.4) is 0 Å². The van der Waals surface area contributed by atoms with E-state index in [9.17, 15) is 13.6 Å². The summed E-state index contributed by atoms with van der Waals surface area (Å²) in [7, 11) is 3.92. The van der Waals surface area contributed by atoms with Crippen LogP contribution in [-0.4, -0.2) is 42.1 Å². The predicted molar refractivity (Wildman–Crippen MR) is 116 cm³/mol. The number of halogens is 2. The summed E-state index contributed by atoms with van der Waals surface area (Å²) < 4.78 is 26.6. The van der Waals surface area contributed by atoms with E-state index in [2.05, 4.69) is 20.6 Å². The first-order valence-corrected chi connectivity index (χ1v) is 10.8. The number of hydrogen-bond donors (Lipinski definition) is 2. The average Bonchev–Trinajstić information content (AvgIpc) is 3.54. The fraction of sp³-hybridized carbons (Fsp3) is 0.522. The fourth-order valence-electron chi connectivity index (χ4n) is 4.42. The van der Waals surface area contributed by atoms with Crippen molar-refractivity contribution in [3.63, 3.8) is 0 Å². The first-order valence-electron chi connectivity index (χ1n) is 10.8. The number of rotatable bonds is 6. The summed E-state index contributed by atoms with van der Waals surface area (Å²) >= 11 is 0. The number of aromatic nitrogens is 2. The maximum Gasteiger partial charge on any atom is 0.224 e. The molecule has 1 aromatic heterocycles. The summed E-state index contributed by atoms with van der Waals surface area (Å²) in [5.74, 6) is -0.325. The van der Waals surface area contributed by atoms with Crippen molar-refractivity contribution in [2.45, 2.75) is 57.0 Å². The van der Waals surface area contributed by atoms with Crippen LogP contribution >= 0.6 is 0 Å². The number of carbonyl (C=O) groups excluding carboxylic acids is 1. The molecule has 31 heavy (non-hydrogen) atoms. The van der Waals surface area contributed by atoms with Crippen LogP contribution < -0.4 is 15.5 Å². The lowest BCUT2D eigenvalue weighted by atomic mass is 9.91. The summed E-state index contributed by atoms with van der Waals surface area (Å²) in [5.41, 5.74) is 1.73. The Morgan fingerprint density at radius 3 is 2.48 bits per heavy atom. The minimum Gasteiger partial charge on any atom is -0.362 e. The molecule has 2 fully saturated rings. The highest BCUT2D eigenvalue weighted by molar-refractivity contribution is 5.83. The molecule has 0 saturated heterocycles. The Morgan fingerprint density at radius 2 is 1.81 bits per heavy atom. The van der Waals surface area contributed by atoms with Gasteiger partial charge in [0.15, 0.2) is 11.6 Å². The van der Waals surface area contributed by atoms with Crippen LogP contribution in [0.5, 0.6) is 0 Å². The van der Waals surface area contributed by atoms with E-state index in [1.165, 1.54) is 6.07 Å². The van der Waals surface area contributed by atoms with Crippen LogP contribution in [0.4, 0.5) is 20.5 Å². The lowest BCUT2D eigenvalue weighted by molar-refractivity contribution is -0.123. The second kappa shape index (κ2) is 8.77. The highest BCUT2D eigenvalue weighted by Crippen LogP contribution is 2.48. The van der Waals surface area contributed by atoms with Crippen molar-refractivity contribution in [1.29, 1.82) is 0 Å². The number of benzene rings is 1. The number of carbonyl (C=O) groups is 1. The van der Waals surface area contributed by atoms with E-state index >= 15 is 0 Å². The topological polar surface area (TPSA) is 70.1 Å². The molecule has 0 radical (unpaired) electrons. The van der Waals surface area contributed by atoms with Crippen molar-refractivity contribution in [3.05, 3.63) is 47.2 Å². The minimum absolute atomic E-state index is 0.0160. The van der Waals surface area contributed by atoms with E-state index in [4.69, 9.17) is 0 Å². The van der Waals surface area contributed by atoms with Crippen LogP contribution in [0.25, 0.3) is 0 Å². The molecule has 6 nitrogen and oxygen atoms in total. The first kappa shape index (κ1) is 21.5. The van der Waals surface area contributed by atoms with E-state index in [-0.39, 0.29) is 29.8 Å². The standard InChI is InChI=1S/C23H29F2N5O/c1-13-12-26-23(29-21(13)30(2)3)28-16-7-5-15(6-8-16)27-22(31)18-11-17(18)14-4-9-19(24)20(25)10-14/h4,9-10,12,15-18H,5-8,11H2,1-3H3,(H,27,31)(H,26,28,29)/t15-,16-,17-,18-/m1/s1. The lowest BCUT2D eigenvalue weighted by Gasteiger charge is -2.30. The summed E-state index contributed by atoms with van der Waals surface area (Å²) in [6, 6.07) is 4.34. The third kappa shape index (κ3) is 4.94. The van der Waals surface area contributed by atoms with Crippen LogP contribution in [0.2, 0.25) is 0 Å². The quantitative estimate of drug-likeness (QED) is 0.732. The molecule has 166 valence electrons. The van der Waals surface area contributed by atoms with Gasteiger partial charge in [0.1, 0.15) is 5.82 Å². The van der Waals surface area contributed by atoms with Crippen LogP contribution in [0, 0.1) is 24.5 Å². The van der Waals surface area contributed by atoms with Gasteiger partial charge in [-0.05, 0) is 62.6 Å². The molecule has 1 heterocycles. The molecule has 1 aromatic carbocycles. The van der Waals surface area contributed by atoms with Crippen LogP contribution in [0.1, 0.15) is 49.1 Å². The zero-order valence-corrected chi connectivity index (χ0v) is 18.2. The number of nitrogens with one attached hydrogen (secondary N) is 2. The largest absolute Gasteiger partial charge is 0.362 e. The fourth-order valence-corrected chi connectivity index (χ4v) is 4.42. The van der Waals surface area contributed by atoms with Gasteiger partial charge in [0.2, 0.25) is 11.9 Å². The molecule has 2 aliphatic rings. The predicted octanol–water partition coefficient (Wildman–Crippen LogP) is 3.77.